The maximum Gasteiger partial charge on any atom is 0.255 e. The SMILES string of the molecule is Cc1nc(CCNC(=O)c2ccc(C)c(NC(=O)c3ccc(F)c(C)c3)c2)n[nH]1. The van der Waals surface area contributed by atoms with Crippen LogP contribution in [0.2, 0.25) is 0 Å². The first-order valence-corrected chi connectivity index (χ1v) is 9.17. The van der Waals surface area contributed by atoms with Gasteiger partial charge in [0.1, 0.15) is 11.6 Å². The van der Waals surface area contributed by atoms with Gasteiger partial charge in [-0.2, -0.15) is 5.10 Å². The lowest BCUT2D eigenvalue weighted by Gasteiger charge is -2.11. The van der Waals surface area contributed by atoms with Gasteiger partial charge in [0.2, 0.25) is 0 Å². The van der Waals surface area contributed by atoms with E-state index < -0.39 is 0 Å². The number of aryl methyl sites for hydroxylation is 3. The zero-order valence-electron chi connectivity index (χ0n) is 16.5. The topological polar surface area (TPSA) is 99.8 Å². The average molecular weight is 395 g/mol. The Balaban J connectivity index is 1.65. The number of nitrogens with one attached hydrogen (secondary N) is 3. The van der Waals surface area contributed by atoms with Gasteiger partial charge in [-0.3, -0.25) is 14.7 Å². The Labute approximate surface area is 167 Å². The second kappa shape index (κ2) is 8.64. The summed E-state index contributed by atoms with van der Waals surface area (Å²) in [7, 11) is 0. The molecule has 0 fully saturated rings. The minimum Gasteiger partial charge on any atom is -0.352 e. The van der Waals surface area contributed by atoms with Gasteiger partial charge in [0, 0.05) is 29.8 Å². The Bertz CT molecular complexity index is 1060. The van der Waals surface area contributed by atoms with Gasteiger partial charge in [0.15, 0.2) is 5.82 Å². The van der Waals surface area contributed by atoms with Crippen molar-refractivity contribution in [3.05, 3.63) is 76.1 Å². The van der Waals surface area contributed by atoms with Crippen LogP contribution in [-0.2, 0) is 6.42 Å². The van der Waals surface area contributed by atoms with E-state index in [2.05, 4.69) is 25.8 Å². The molecule has 1 aromatic heterocycles. The summed E-state index contributed by atoms with van der Waals surface area (Å²) in [5.41, 5.74) is 2.50. The zero-order valence-corrected chi connectivity index (χ0v) is 16.5. The Hall–Kier alpha value is -3.55. The molecule has 3 aromatic rings. The number of amides is 2. The molecule has 0 aliphatic rings. The van der Waals surface area contributed by atoms with E-state index in [1.807, 2.05) is 13.8 Å². The second-order valence-electron chi connectivity index (χ2n) is 6.79. The molecule has 2 aromatic carbocycles. The number of H-pyrrole nitrogens is 1. The summed E-state index contributed by atoms with van der Waals surface area (Å²) in [5.74, 6) is 0.367. The van der Waals surface area contributed by atoms with Crippen molar-refractivity contribution in [3.8, 4) is 0 Å². The van der Waals surface area contributed by atoms with Crippen LogP contribution in [0.1, 0.15) is 43.5 Å². The Morgan fingerprint density at radius 3 is 2.41 bits per heavy atom. The van der Waals surface area contributed by atoms with Crippen molar-refractivity contribution >= 4 is 17.5 Å². The molecule has 8 heteroatoms. The molecule has 2 amide bonds. The first kappa shape index (κ1) is 20.2. The third-order valence-electron chi connectivity index (χ3n) is 4.45. The smallest absolute Gasteiger partial charge is 0.255 e. The molecule has 0 saturated carbocycles. The Kier molecular flexibility index (Phi) is 6.01. The molecule has 0 saturated heterocycles. The highest BCUT2D eigenvalue weighted by Gasteiger charge is 2.13. The number of carbonyl (C=O) groups excluding carboxylic acids is 2. The van der Waals surface area contributed by atoms with Gasteiger partial charge in [0.25, 0.3) is 11.8 Å². The second-order valence-corrected chi connectivity index (χ2v) is 6.79. The Morgan fingerprint density at radius 2 is 1.72 bits per heavy atom. The van der Waals surface area contributed by atoms with Gasteiger partial charge in [-0.25, -0.2) is 9.37 Å². The molecule has 150 valence electrons. The lowest BCUT2D eigenvalue weighted by atomic mass is 10.1. The minimum absolute atomic E-state index is 0.259. The number of carbonyl (C=O) groups is 2. The fourth-order valence-corrected chi connectivity index (χ4v) is 2.77. The van der Waals surface area contributed by atoms with Crippen LogP contribution in [0.15, 0.2) is 36.4 Å². The molecular formula is C21H22FN5O2. The number of rotatable bonds is 6. The summed E-state index contributed by atoms with van der Waals surface area (Å²) in [6.45, 7) is 5.63. The van der Waals surface area contributed by atoms with Crippen LogP contribution in [0.4, 0.5) is 10.1 Å². The highest BCUT2D eigenvalue weighted by molar-refractivity contribution is 6.05. The standard InChI is InChI=1S/C21H22FN5O2/c1-12-4-5-16(20(28)23-9-8-19-24-14(3)26-27-19)11-18(12)25-21(29)15-6-7-17(22)13(2)10-15/h4-7,10-11H,8-9H2,1-3H3,(H,23,28)(H,25,29)(H,24,26,27). The molecule has 29 heavy (non-hydrogen) atoms. The van der Waals surface area contributed by atoms with Crippen molar-refractivity contribution in [2.75, 3.05) is 11.9 Å². The summed E-state index contributed by atoms with van der Waals surface area (Å²) < 4.78 is 13.4. The van der Waals surface area contributed by atoms with E-state index in [4.69, 9.17) is 0 Å². The molecule has 7 nitrogen and oxygen atoms in total. The maximum absolute atomic E-state index is 13.4. The van der Waals surface area contributed by atoms with Gasteiger partial charge in [-0.15, -0.1) is 0 Å². The fourth-order valence-electron chi connectivity index (χ4n) is 2.77. The van der Waals surface area contributed by atoms with Crippen molar-refractivity contribution in [2.24, 2.45) is 0 Å². The number of halogens is 1. The monoisotopic (exact) mass is 395 g/mol. The van der Waals surface area contributed by atoms with Gasteiger partial charge in [-0.05, 0) is 62.2 Å². The van der Waals surface area contributed by atoms with Crippen LogP contribution in [0.5, 0.6) is 0 Å². The lowest BCUT2D eigenvalue weighted by Crippen LogP contribution is -2.26. The third-order valence-corrected chi connectivity index (χ3v) is 4.45. The van der Waals surface area contributed by atoms with Crippen LogP contribution in [0.3, 0.4) is 0 Å². The summed E-state index contributed by atoms with van der Waals surface area (Å²) in [6, 6.07) is 9.25. The number of aromatic nitrogens is 3. The molecule has 0 aliphatic carbocycles. The van der Waals surface area contributed by atoms with E-state index in [9.17, 15) is 14.0 Å². The van der Waals surface area contributed by atoms with Crippen molar-refractivity contribution in [2.45, 2.75) is 27.2 Å². The van der Waals surface area contributed by atoms with Crippen LogP contribution >= 0.6 is 0 Å². The summed E-state index contributed by atoms with van der Waals surface area (Å²) in [5, 5.41) is 12.4. The van der Waals surface area contributed by atoms with E-state index >= 15 is 0 Å². The van der Waals surface area contributed by atoms with Crippen molar-refractivity contribution in [3.63, 3.8) is 0 Å². The molecule has 0 spiro atoms. The number of anilines is 1. The number of hydrogen-bond acceptors (Lipinski definition) is 4. The van der Waals surface area contributed by atoms with Gasteiger partial charge in [-0.1, -0.05) is 6.07 Å². The van der Waals surface area contributed by atoms with Crippen LogP contribution < -0.4 is 10.6 Å². The van der Waals surface area contributed by atoms with Gasteiger partial charge in [0.05, 0.1) is 0 Å². The number of benzene rings is 2. The highest BCUT2D eigenvalue weighted by Crippen LogP contribution is 2.19. The average Bonchev–Trinajstić information content (AvgIpc) is 3.10. The molecule has 0 unspecified atom stereocenters. The van der Waals surface area contributed by atoms with E-state index in [1.54, 1.807) is 25.1 Å². The fraction of sp³-hybridized carbons (Fsp3) is 0.238. The molecule has 3 N–H and O–H groups in total. The van der Waals surface area contributed by atoms with Crippen molar-refractivity contribution in [1.82, 2.24) is 20.5 Å². The predicted octanol–water partition coefficient (Wildman–Crippen LogP) is 3.09. The number of nitrogens with zero attached hydrogens (tertiary/aromatic N) is 2. The van der Waals surface area contributed by atoms with Crippen LogP contribution in [0.25, 0.3) is 0 Å². The maximum atomic E-state index is 13.4. The zero-order chi connectivity index (χ0) is 21.0. The van der Waals surface area contributed by atoms with E-state index in [0.717, 1.165) is 11.4 Å². The van der Waals surface area contributed by atoms with Gasteiger partial charge < -0.3 is 10.6 Å². The van der Waals surface area contributed by atoms with Crippen LogP contribution in [0, 0.1) is 26.6 Å². The molecule has 0 radical (unpaired) electrons. The first-order valence-electron chi connectivity index (χ1n) is 9.17. The highest BCUT2D eigenvalue weighted by atomic mass is 19.1. The number of hydrogen-bond donors (Lipinski definition) is 3. The lowest BCUT2D eigenvalue weighted by molar-refractivity contribution is 0.0952. The molecule has 0 bridgehead atoms. The van der Waals surface area contributed by atoms with Crippen molar-refractivity contribution in [1.29, 1.82) is 0 Å². The van der Waals surface area contributed by atoms with Gasteiger partial charge >= 0.3 is 0 Å². The summed E-state index contributed by atoms with van der Waals surface area (Å²) in [4.78, 5) is 29.1. The molecule has 1 heterocycles. The number of aromatic amines is 1. The summed E-state index contributed by atoms with van der Waals surface area (Å²) >= 11 is 0. The Morgan fingerprint density at radius 1 is 1.00 bits per heavy atom. The van der Waals surface area contributed by atoms with Crippen molar-refractivity contribution < 1.29 is 14.0 Å². The quantitative estimate of drug-likeness (QED) is 0.597. The molecular weight excluding hydrogens is 373 g/mol. The third kappa shape index (κ3) is 5.04. The first-order chi connectivity index (χ1) is 13.8. The molecule has 3 rings (SSSR count). The van der Waals surface area contributed by atoms with E-state index in [-0.39, 0.29) is 17.6 Å². The largest absolute Gasteiger partial charge is 0.352 e. The molecule has 0 aliphatic heterocycles. The normalized spacial score (nSPS) is 10.6. The minimum atomic E-state index is -0.367. The summed E-state index contributed by atoms with van der Waals surface area (Å²) in [6.07, 6.45) is 0.509. The predicted molar refractivity (Wildman–Crippen MR) is 107 cm³/mol. The van der Waals surface area contributed by atoms with Crippen LogP contribution in [-0.4, -0.2) is 33.5 Å². The molecule has 0 atom stereocenters. The van der Waals surface area contributed by atoms with E-state index in [1.165, 1.54) is 18.2 Å². The van der Waals surface area contributed by atoms with E-state index in [0.29, 0.717) is 41.2 Å².